The maximum absolute atomic E-state index is 14.7. The van der Waals surface area contributed by atoms with Crippen LogP contribution in [-0.2, 0) is 11.2 Å². The molecule has 1 aliphatic heterocycles. The quantitative estimate of drug-likeness (QED) is 0.595. The van der Waals surface area contributed by atoms with Gasteiger partial charge >= 0.3 is 0 Å². The van der Waals surface area contributed by atoms with Gasteiger partial charge in [-0.25, -0.2) is 14.8 Å². The van der Waals surface area contributed by atoms with E-state index in [1.54, 1.807) is 13.0 Å². The zero-order valence-corrected chi connectivity index (χ0v) is 17.4. The molecule has 3 rings (SSSR count). The molecule has 1 fully saturated rings. The van der Waals surface area contributed by atoms with E-state index in [0.29, 0.717) is 17.0 Å². The van der Waals surface area contributed by atoms with Gasteiger partial charge in [-0.2, -0.15) is 5.10 Å². The molecule has 2 heterocycles. The number of carbonyl (C=O) groups excluding carboxylic acids is 1. The number of nitrogens with one attached hydrogen (secondary N) is 1. The summed E-state index contributed by atoms with van der Waals surface area (Å²) in [5.74, 6) is -0.499. The lowest BCUT2D eigenvalue weighted by atomic mass is 10.1. The molecule has 0 bridgehead atoms. The number of thiazole rings is 1. The average Bonchev–Trinajstić information content (AvgIpc) is 3.10. The molecule has 150 valence electrons. The molecule has 0 aliphatic carbocycles. The summed E-state index contributed by atoms with van der Waals surface area (Å²) in [4.78, 5) is 20.7. The number of likely N-dealkylation sites (N-methyl/N-ethyl adjacent to an activating group) is 1. The number of piperazine rings is 1. The molecule has 1 aromatic heterocycles. The molecule has 0 atom stereocenters. The molecule has 1 saturated heterocycles. The third kappa shape index (κ3) is 5.14. The van der Waals surface area contributed by atoms with Crippen LogP contribution < -0.4 is 10.3 Å². The molecule has 0 spiro atoms. The Morgan fingerprint density at radius 1 is 1.32 bits per heavy atom. The number of halogens is 1. The van der Waals surface area contributed by atoms with E-state index < -0.39 is 0 Å². The van der Waals surface area contributed by atoms with Crippen LogP contribution in [0.4, 0.5) is 10.1 Å². The maximum atomic E-state index is 14.7. The average molecular weight is 404 g/mol. The number of amides is 1. The molecule has 1 aromatic carbocycles. The van der Waals surface area contributed by atoms with Crippen molar-refractivity contribution in [1.82, 2.24) is 15.3 Å². The second-order valence-electron chi connectivity index (χ2n) is 6.88. The molecular weight excluding hydrogens is 377 g/mol. The van der Waals surface area contributed by atoms with Gasteiger partial charge in [0.05, 0.1) is 17.8 Å². The Kier molecular flexibility index (Phi) is 6.74. The van der Waals surface area contributed by atoms with E-state index >= 15 is 0 Å². The SMILES string of the molecule is CCN1CCN(c2ccc(/C(C)=N\NC(=O)Cc3nc(C)cs3)cc2F)CC1. The van der Waals surface area contributed by atoms with E-state index in [1.807, 2.05) is 18.4 Å². The largest absolute Gasteiger partial charge is 0.367 e. The molecule has 2 aromatic rings. The third-order valence-corrected chi connectivity index (χ3v) is 5.82. The standard InChI is InChI=1S/C20H26FN5OS/c1-4-25-7-9-26(10-8-25)18-6-5-16(11-17(18)21)15(3)23-24-19(27)12-20-22-14(2)13-28-20/h5-6,11,13H,4,7-10,12H2,1-3H3,(H,24,27)/b23-15-. The Bertz CT molecular complexity index is 858. The fourth-order valence-electron chi connectivity index (χ4n) is 3.16. The number of aryl methyl sites for hydroxylation is 1. The van der Waals surface area contributed by atoms with Crippen molar-refractivity contribution in [3.05, 3.63) is 45.7 Å². The van der Waals surface area contributed by atoms with Crippen molar-refractivity contribution in [3.8, 4) is 0 Å². The molecule has 1 N–H and O–H groups in total. The molecule has 0 radical (unpaired) electrons. The van der Waals surface area contributed by atoms with Gasteiger partial charge in [-0.3, -0.25) is 4.79 Å². The maximum Gasteiger partial charge on any atom is 0.246 e. The van der Waals surface area contributed by atoms with Crippen molar-refractivity contribution >= 4 is 28.6 Å². The van der Waals surface area contributed by atoms with Gasteiger partial charge < -0.3 is 9.80 Å². The highest BCUT2D eigenvalue weighted by molar-refractivity contribution is 7.09. The van der Waals surface area contributed by atoms with Crippen LogP contribution in [0.2, 0.25) is 0 Å². The minimum atomic E-state index is -0.262. The Morgan fingerprint density at radius 2 is 2.07 bits per heavy atom. The van der Waals surface area contributed by atoms with Crippen LogP contribution in [0.3, 0.4) is 0 Å². The second kappa shape index (κ2) is 9.25. The Labute approximate surface area is 169 Å². The summed E-state index contributed by atoms with van der Waals surface area (Å²) >= 11 is 1.45. The molecule has 8 heteroatoms. The fraction of sp³-hybridized carbons (Fsp3) is 0.450. The van der Waals surface area contributed by atoms with E-state index in [2.05, 4.69) is 32.2 Å². The van der Waals surface area contributed by atoms with E-state index in [0.717, 1.165) is 43.4 Å². The number of aromatic nitrogens is 1. The Morgan fingerprint density at radius 3 is 2.68 bits per heavy atom. The van der Waals surface area contributed by atoms with Gasteiger partial charge in [-0.15, -0.1) is 11.3 Å². The first-order valence-electron chi connectivity index (χ1n) is 9.47. The van der Waals surface area contributed by atoms with E-state index in [4.69, 9.17) is 0 Å². The molecule has 6 nitrogen and oxygen atoms in total. The summed E-state index contributed by atoms with van der Waals surface area (Å²) in [6.07, 6.45) is 0.187. The molecule has 1 aliphatic rings. The zero-order valence-electron chi connectivity index (χ0n) is 16.5. The first-order chi connectivity index (χ1) is 13.5. The lowest BCUT2D eigenvalue weighted by Crippen LogP contribution is -2.46. The van der Waals surface area contributed by atoms with Gasteiger partial charge in [0.1, 0.15) is 10.8 Å². The highest BCUT2D eigenvalue weighted by atomic mass is 32.1. The van der Waals surface area contributed by atoms with Crippen LogP contribution in [-0.4, -0.2) is 54.2 Å². The van der Waals surface area contributed by atoms with Crippen molar-refractivity contribution in [1.29, 1.82) is 0 Å². The van der Waals surface area contributed by atoms with E-state index in [-0.39, 0.29) is 18.1 Å². The normalized spacial score (nSPS) is 15.7. The van der Waals surface area contributed by atoms with Crippen LogP contribution in [0.25, 0.3) is 0 Å². The number of carbonyl (C=O) groups is 1. The van der Waals surface area contributed by atoms with Crippen molar-refractivity contribution < 1.29 is 9.18 Å². The van der Waals surface area contributed by atoms with E-state index in [1.165, 1.54) is 17.4 Å². The number of anilines is 1. The monoisotopic (exact) mass is 403 g/mol. The van der Waals surface area contributed by atoms with Crippen molar-refractivity contribution in [2.24, 2.45) is 5.10 Å². The topological polar surface area (TPSA) is 60.8 Å². The lowest BCUT2D eigenvalue weighted by molar-refractivity contribution is -0.120. The minimum absolute atomic E-state index is 0.187. The first kappa shape index (κ1) is 20.4. The minimum Gasteiger partial charge on any atom is -0.367 e. The van der Waals surface area contributed by atoms with Gasteiger partial charge in [0.15, 0.2) is 0 Å². The summed E-state index contributed by atoms with van der Waals surface area (Å²) in [6, 6.07) is 5.13. The van der Waals surface area contributed by atoms with Crippen molar-refractivity contribution in [2.45, 2.75) is 27.2 Å². The van der Waals surface area contributed by atoms with Crippen LogP contribution in [0.15, 0.2) is 28.7 Å². The van der Waals surface area contributed by atoms with Crippen LogP contribution in [0.5, 0.6) is 0 Å². The predicted octanol–water partition coefficient (Wildman–Crippen LogP) is 2.82. The Balaban J connectivity index is 1.60. The van der Waals surface area contributed by atoms with Gasteiger partial charge in [0, 0.05) is 42.8 Å². The lowest BCUT2D eigenvalue weighted by Gasteiger charge is -2.35. The van der Waals surface area contributed by atoms with E-state index in [9.17, 15) is 9.18 Å². The summed E-state index contributed by atoms with van der Waals surface area (Å²) in [5.41, 5.74) is 5.26. The van der Waals surface area contributed by atoms with Crippen molar-refractivity contribution in [3.63, 3.8) is 0 Å². The van der Waals surface area contributed by atoms with Gasteiger partial charge in [0.25, 0.3) is 0 Å². The predicted molar refractivity (Wildman–Crippen MR) is 112 cm³/mol. The number of hydrazone groups is 1. The van der Waals surface area contributed by atoms with Crippen LogP contribution in [0, 0.1) is 12.7 Å². The summed E-state index contributed by atoms with van der Waals surface area (Å²) in [6.45, 7) is 10.4. The highest BCUT2D eigenvalue weighted by Gasteiger charge is 2.19. The number of hydrogen-bond donors (Lipinski definition) is 1. The fourth-order valence-corrected chi connectivity index (χ4v) is 3.94. The molecular formula is C20H26FN5OS. The Hall–Kier alpha value is -2.32. The molecule has 1 amide bonds. The number of benzene rings is 1. The number of nitrogens with zero attached hydrogens (tertiary/aromatic N) is 4. The molecule has 0 unspecified atom stereocenters. The summed E-state index contributed by atoms with van der Waals surface area (Å²) < 4.78 is 14.7. The number of rotatable bonds is 6. The van der Waals surface area contributed by atoms with Gasteiger partial charge in [-0.1, -0.05) is 13.0 Å². The smallest absolute Gasteiger partial charge is 0.246 e. The summed E-state index contributed by atoms with van der Waals surface area (Å²) in [7, 11) is 0. The van der Waals surface area contributed by atoms with Crippen LogP contribution >= 0.6 is 11.3 Å². The highest BCUT2D eigenvalue weighted by Crippen LogP contribution is 2.22. The summed E-state index contributed by atoms with van der Waals surface area (Å²) in [5, 5.41) is 6.77. The molecule has 28 heavy (non-hydrogen) atoms. The first-order valence-corrected chi connectivity index (χ1v) is 10.4. The van der Waals surface area contributed by atoms with Gasteiger partial charge in [0.2, 0.25) is 5.91 Å². The van der Waals surface area contributed by atoms with Crippen LogP contribution in [0.1, 0.15) is 30.1 Å². The molecule has 0 saturated carbocycles. The third-order valence-electron chi connectivity index (χ3n) is 4.85. The second-order valence-corrected chi connectivity index (χ2v) is 7.82. The van der Waals surface area contributed by atoms with Crippen molar-refractivity contribution in [2.75, 3.05) is 37.6 Å². The van der Waals surface area contributed by atoms with Gasteiger partial charge in [-0.05, 0) is 32.5 Å². The number of hydrogen-bond acceptors (Lipinski definition) is 6. The zero-order chi connectivity index (χ0) is 20.1.